The lowest BCUT2D eigenvalue weighted by molar-refractivity contribution is 0.0955. The maximum absolute atomic E-state index is 13.0. The van der Waals surface area contributed by atoms with Gasteiger partial charge in [0.25, 0.3) is 5.91 Å². The van der Waals surface area contributed by atoms with Gasteiger partial charge in [0.15, 0.2) is 0 Å². The highest BCUT2D eigenvalue weighted by Crippen LogP contribution is 2.27. The van der Waals surface area contributed by atoms with Crippen LogP contribution in [0.15, 0.2) is 77.9 Å². The van der Waals surface area contributed by atoms with E-state index in [9.17, 15) is 9.18 Å². The van der Waals surface area contributed by atoms with Gasteiger partial charge in [-0.1, -0.05) is 48.5 Å². The van der Waals surface area contributed by atoms with Crippen molar-refractivity contribution in [3.05, 3.63) is 106 Å². The number of halogens is 1. The van der Waals surface area contributed by atoms with Crippen LogP contribution in [-0.2, 0) is 6.42 Å². The number of hydrogen-bond acceptors (Lipinski definition) is 2. The zero-order valence-corrected chi connectivity index (χ0v) is 13.4. The predicted octanol–water partition coefficient (Wildman–Crippen LogP) is 3.91. The molecule has 0 atom stereocenters. The third-order valence-electron chi connectivity index (χ3n) is 4.30. The molecule has 4 rings (SSSR count). The fourth-order valence-corrected chi connectivity index (χ4v) is 3.05. The van der Waals surface area contributed by atoms with Gasteiger partial charge in [-0.05, 0) is 41.8 Å². The van der Waals surface area contributed by atoms with Gasteiger partial charge in [0.2, 0.25) is 0 Å². The van der Waals surface area contributed by atoms with Crippen molar-refractivity contribution in [1.82, 2.24) is 5.43 Å². The van der Waals surface area contributed by atoms with Crippen LogP contribution in [0.4, 0.5) is 4.39 Å². The van der Waals surface area contributed by atoms with Crippen LogP contribution in [0.5, 0.6) is 0 Å². The normalized spacial score (nSPS) is 12.1. The highest BCUT2D eigenvalue weighted by atomic mass is 19.1. The van der Waals surface area contributed by atoms with Crippen LogP contribution in [0.3, 0.4) is 0 Å². The molecular weight excluding hydrogens is 315 g/mol. The molecule has 1 aliphatic carbocycles. The molecule has 0 aliphatic heterocycles. The molecule has 3 aromatic carbocycles. The largest absolute Gasteiger partial charge is 0.271 e. The lowest BCUT2D eigenvalue weighted by atomic mass is 9.85. The number of nitrogens with zero attached hydrogens (tertiary/aromatic N) is 1. The zero-order chi connectivity index (χ0) is 17.2. The lowest BCUT2D eigenvalue weighted by Gasteiger charge is -2.21. The van der Waals surface area contributed by atoms with Crippen molar-refractivity contribution < 1.29 is 9.18 Å². The summed E-state index contributed by atoms with van der Waals surface area (Å²) in [7, 11) is 0. The Bertz CT molecular complexity index is 930. The van der Waals surface area contributed by atoms with Crippen molar-refractivity contribution in [3.8, 4) is 0 Å². The molecule has 3 nitrogen and oxygen atoms in total. The molecule has 25 heavy (non-hydrogen) atoms. The third-order valence-corrected chi connectivity index (χ3v) is 4.30. The number of carbonyl (C=O) groups is 1. The number of amides is 1. The second kappa shape index (κ2) is 6.32. The van der Waals surface area contributed by atoms with E-state index in [4.69, 9.17) is 0 Å². The molecule has 0 aromatic heterocycles. The van der Waals surface area contributed by atoms with Crippen molar-refractivity contribution in [1.29, 1.82) is 0 Å². The Morgan fingerprint density at radius 2 is 1.40 bits per heavy atom. The van der Waals surface area contributed by atoms with Crippen molar-refractivity contribution >= 4 is 11.6 Å². The van der Waals surface area contributed by atoms with Crippen LogP contribution in [0.25, 0.3) is 0 Å². The molecule has 0 fully saturated rings. The Morgan fingerprint density at radius 1 is 0.840 bits per heavy atom. The van der Waals surface area contributed by atoms with E-state index in [1.54, 1.807) is 0 Å². The Labute approximate surface area is 144 Å². The molecule has 3 aromatic rings. The van der Waals surface area contributed by atoms with E-state index in [0.29, 0.717) is 5.56 Å². The van der Waals surface area contributed by atoms with E-state index >= 15 is 0 Å². The summed E-state index contributed by atoms with van der Waals surface area (Å²) in [4.78, 5) is 12.3. The molecule has 0 radical (unpaired) electrons. The van der Waals surface area contributed by atoms with E-state index in [0.717, 1.165) is 23.3 Å². The summed E-state index contributed by atoms with van der Waals surface area (Å²) in [5.74, 6) is -0.744. The number of hydrogen-bond donors (Lipinski definition) is 1. The van der Waals surface area contributed by atoms with Crippen molar-refractivity contribution in [2.24, 2.45) is 5.10 Å². The third kappa shape index (κ3) is 2.94. The number of carbonyl (C=O) groups excluding carboxylic acids is 1. The first-order valence-electron chi connectivity index (χ1n) is 8.02. The first kappa shape index (κ1) is 15.3. The lowest BCUT2D eigenvalue weighted by Crippen LogP contribution is -2.23. The molecule has 0 unspecified atom stereocenters. The maximum atomic E-state index is 13.0. The minimum atomic E-state index is -0.377. The van der Waals surface area contributed by atoms with E-state index in [1.807, 2.05) is 36.4 Å². The van der Waals surface area contributed by atoms with Gasteiger partial charge in [-0.25, -0.2) is 9.82 Å². The van der Waals surface area contributed by atoms with Crippen LogP contribution in [0, 0.1) is 5.82 Å². The Kier molecular flexibility index (Phi) is 3.86. The minimum absolute atomic E-state index is 0.364. The summed E-state index contributed by atoms with van der Waals surface area (Å²) in [6, 6.07) is 21.5. The number of rotatable bonds is 2. The zero-order valence-electron chi connectivity index (χ0n) is 13.4. The van der Waals surface area contributed by atoms with Crippen LogP contribution < -0.4 is 5.43 Å². The summed E-state index contributed by atoms with van der Waals surface area (Å²) in [5, 5.41) is 4.39. The Hall–Kier alpha value is -3.27. The number of benzene rings is 3. The second-order valence-corrected chi connectivity index (χ2v) is 5.90. The number of fused-ring (bicyclic) bond motifs is 2. The first-order chi connectivity index (χ1) is 12.2. The van der Waals surface area contributed by atoms with Gasteiger partial charge in [-0.15, -0.1) is 0 Å². The molecule has 1 N–H and O–H groups in total. The fraction of sp³-hybridized carbons (Fsp3) is 0.0476. The standard InChI is InChI=1S/C21H15FN2O/c22-17-11-9-14(10-12-17)21(25)24-23-20-18-7-3-1-5-15(18)13-16-6-2-4-8-19(16)20/h1-12H,13H2,(H,24,25). The molecule has 0 saturated carbocycles. The van der Waals surface area contributed by atoms with Gasteiger partial charge in [0.05, 0.1) is 5.71 Å². The SMILES string of the molecule is O=C(NN=C1c2ccccc2Cc2ccccc21)c1ccc(F)cc1. The van der Waals surface area contributed by atoms with Crippen molar-refractivity contribution in [2.45, 2.75) is 6.42 Å². The molecule has 0 spiro atoms. The molecule has 0 saturated heterocycles. The van der Waals surface area contributed by atoms with Crippen LogP contribution in [-0.4, -0.2) is 11.6 Å². The second-order valence-electron chi connectivity index (χ2n) is 5.90. The average Bonchev–Trinajstić information content (AvgIpc) is 2.65. The molecule has 0 heterocycles. The predicted molar refractivity (Wildman–Crippen MR) is 95.2 cm³/mol. The van der Waals surface area contributed by atoms with E-state index in [-0.39, 0.29) is 11.7 Å². The summed E-state index contributed by atoms with van der Waals surface area (Å²) in [5.41, 5.74) is 8.09. The van der Waals surface area contributed by atoms with E-state index in [1.165, 1.54) is 35.4 Å². The fourth-order valence-electron chi connectivity index (χ4n) is 3.05. The summed E-state index contributed by atoms with van der Waals surface area (Å²) < 4.78 is 13.0. The maximum Gasteiger partial charge on any atom is 0.271 e. The Morgan fingerprint density at radius 3 is 2.00 bits per heavy atom. The van der Waals surface area contributed by atoms with Gasteiger partial charge in [0, 0.05) is 16.7 Å². The quantitative estimate of drug-likeness (QED) is 0.556. The highest BCUT2D eigenvalue weighted by Gasteiger charge is 2.21. The highest BCUT2D eigenvalue weighted by molar-refractivity contribution is 6.16. The molecule has 4 heteroatoms. The smallest absolute Gasteiger partial charge is 0.267 e. The van der Waals surface area contributed by atoms with E-state index in [2.05, 4.69) is 22.7 Å². The molecular formula is C21H15FN2O. The number of nitrogens with one attached hydrogen (secondary N) is 1. The molecule has 122 valence electrons. The monoisotopic (exact) mass is 330 g/mol. The van der Waals surface area contributed by atoms with Crippen LogP contribution >= 0.6 is 0 Å². The summed E-state index contributed by atoms with van der Waals surface area (Å²) in [6.07, 6.45) is 0.845. The molecule has 1 amide bonds. The van der Waals surface area contributed by atoms with Gasteiger partial charge < -0.3 is 0 Å². The average molecular weight is 330 g/mol. The number of hydrazone groups is 1. The van der Waals surface area contributed by atoms with E-state index < -0.39 is 0 Å². The summed E-state index contributed by atoms with van der Waals surface area (Å²) >= 11 is 0. The minimum Gasteiger partial charge on any atom is -0.267 e. The van der Waals surface area contributed by atoms with Gasteiger partial charge in [0.1, 0.15) is 5.82 Å². The van der Waals surface area contributed by atoms with Crippen LogP contribution in [0.2, 0.25) is 0 Å². The van der Waals surface area contributed by atoms with Gasteiger partial charge in [-0.3, -0.25) is 4.79 Å². The Balaban J connectivity index is 1.70. The molecule has 1 aliphatic rings. The topological polar surface area (TPSA) is 41.5 Å². The first-order valence-corrected chi connectivity index (χ1v) is 8.02. The van der Waals surface area contributed by atoms with Crippen molar-refractivity contribution in [2.75, 3.05) is 0 Å². The summed E-state index contributed by atoms with van der Waals surface area (Å²) in [6.45, 7) is 0. The van der Waals surface area contributed by atoms with Gasteiger partial charge >= 0.3 is 0 Å². The van der Waals surface area contributed by atoms with Crippen molar-refractivity contribution in [3.63, 3.8) is 0 Å². The van der Waals surface area contributed by atoms with Crippen LogP contribution in [0.1, 0.15) is 32.6 Å². The van der Waals surface area contributed by atoms with Gasteiger partial charge in [-0.2, -0.15) is 5.10 Å². The molecule has 0 bridgehead atoms.